The van der Waals surface area contributed by atoms with Crippen molar-refractivity contribution in [1.82, 2.24) is 5.32 Å². The lowest BCUT2D eigenvalue weighted by Crippen LogP contribution is -2.42. The molecule has 1 aliphatic rings. The number of nitrogens with one attached hydrogen (secondary N) is 2. The minimum Gasteiger partial charge on any atom is -0.492 e. The Balaban J connectivity index is 1.77. The Morgan fingerprint density at radius 1 is 1.27 bits per heavy atom. The number of rotatable bonds is 4. The highest BCUT2D eigenvalue weighted by molar-refractivity contribution is 7.80. The lowest BCUT2D eigenvalue weighted by atomic mass is 9.89. The third-order valence-corrected chi connectivity index (χ3v) is 4.59. The number of para-hydroxylation sites is 2. The molecule has 2 aromatic rings. The molecular weight excluding hydrogens is 344 g/mol. The summed E-state index contributed by atoms with van der Waals surface area (Å²) in [6, 6.07) is 14.2. The van der Waals surface area contributed by atoms with Crippen LogP contribution in [-0.4, -0.2) is 17.3 Å². The monoisotopic (exact) mass is 370 g/mol. The number of thiocarbonyl (C=S) groups is 1. The van der Waals surface area contributed by atoms with Crippen molar-refractivity contribution in [3.8, 4) is 11.5 Å². The second-order valence-corrected chi connectivity index (χ2v) is 7.60. The van der Waals surface area contributed by atoms with Gasteiger partial charge in [0.1, 0.15) is 17.1 Å². The number of hydrogen-bond donors (Lipinski definition) is 2. The minimum atomic E-state index is -0.253. The van der Waals surface area contributed by atoms with E-state index in [-0.39, 0.29) is 11.6 Å². The number of hydrogen-bond acceptors (Lipinski definition) is 3. The first-order valence-electron chi connectivity index (χ1n) is 8.97. The van der Waals surface area contributed by atoms with Crippen molar-refractivity contribution in [3.05, 3.63) is 53.6 Å². The van der Waals surface area contributed by atoms with Crippen LogP contribution < -0.4 is 20.1 Å². The van der Waals surface area contributed by atoms with Crippen LogP contribution in [0.4, 0.5) is 5.69 Å². The number of aryl methyl sites for hydroxylation is 1. The largest absolute Gasteiger partial charge is 0.492 e. The van der Waals surface area contributed by atoms with Gasteiger partial charge in [-0.2, -0.15) is 0 Å². The van der Waals surface area contributed by atoms with Crippen LogP contribution in [0, 0.1) is 6.92 Å². The van der Waals surface area contributed by atoms with Gasteiger partial charge in [0.05, 0.1) is 18.3 Å². The molecule has 0 amide bonds. The van der Waals surface area contributed by atoms with Gasteiger partial charge in [-0.25, -0.2) is 0 Å². The Hall–Kier alpha value is -2.27. The molecule has 0 spiro atoms. The van der Waals surface area contributed by atoms with Gasteiger partial charge in [0, 0.05) is 12.0 Å². The second-order valence-electron chi connectivity index (χ2n) is 7.19. The molecule has 1 aliphatic heterocycles. The van der Waals surface area contributed by atoms with Crippen molar-refractivity contribution >= 4 is 23.0 Å². The Morgan fingerprint density at radius 2 is 2.04 bits per heavy atom. The van der Waals surface area contributed by atoms with E-state index >= 15 is 0 Å². The van der Waals surface area contributed by atoms with Gasteiger partial charge < -0.3 is 20.1 Å². The van der Waals surface area contributed by atoms with Gasteiger partial charge in [-0.3, -0.25) is 0 Å². The van der Waals surface area contributed by atoms with Crippen molar-refractivity contribution in [2.45, 2.75) is 45.8 Å². The van der Waals surface area contributed by atoms with Crippen LogP contribution in [0.1, 0.15) is 44.4 Å². The molecular formula is C21H26N2O2S. The van der Waals surface area contributed by atoms with E-state index < -0.39 is 0 Å². The summed E-state index contributed by atoms with van der Waals surface area (Å²) in [4.78, 5) is 0. The number of fused-ring (bicyclic) bond motifs is 1. The lowest BCUT2D eigenvalue weighted by molar-refractivity contribution is 0.0696. The molecule has 138 valence electrons. The first-order chi connectivity index (χ1) is 12.4. The van der Waals surface area contributed by atoms with Gasteiger partial charge in [-0.05, 0) is 63.7 Å². The zero-order valence-corrected chi connectivity index (χ0v) is 16.6. The first kappa shape index (κ1) is 18.5. The fraction of sp³-hybridized carbons (Fsp3) is 0.381. The van der Waals surface area contributed by atoms with Crippen molar-refractivity contribution < 1.29 is 9.47 Å². The average Bonchev–Trinajstić information content (AvgIpc) is 2.55. The zero-order chi connectivity index (χ0) is 18.7. The first-order valence-corrected chi connectivity index (χ1v) is 9.38. The summed E-state index contributed by atoms with van der Waals surface area (Å²) in [6.07, 6.45) is 0.831. The van der Waals surface area contributed by atoms with Crippen molar-refractivity contribution in [2.75, 3.05) is 11.9 Å². The summed E-state index contributed by atoms with van der Waals surface area (Å²) >= 11 is 5.57. The van der Waals surface area contributed by atoms with E-state index in [1.165, 1.54) is 5.56 Å². The molecule has 4 nitrogen and oxygen atoms in total. The van der Waals surface area contributed by atoms with Crippen LogP contribution in [0.3, 0.4) is 0 Å². The maximum atomic E-state index is 6.16. The highest BCUT2D eigenvalue weighted by atomic mass is 32.1. The molecule has 2 N–H and O–H groups in total. The van der Waals surface area contributed by atoms with Crippen LogP contribution >= 0.6 is 12.2 Å². The van der Waals surface area contributed by atoms with Crippen LogP contribution in [0.25, 0.3) is 0 Å². The van der Waals surface area contributed by atoms with Crippen molar-refractivity contribution in [1.29, 1.82) is 0 Å². The van der Waals surface area contributed by atoms with Gasteiger partial charge in [0.15, 0.2) is 5.11 Å². The maximum Gasteiger partial charge on any atom is 0.171 e. The zero-order valence-electron chi connectivity index (χ0n) is 15.8. The molecule has 5 heteroatoms. The highest BCUT2D eigenvalue weighted by Crippen LogP contribution is 2.40. The molecule has 0 aliphatic carbocycles. The maximum absolute atomic E-state index is 6.16. The molecule has 1 unspecified atom stereocenters. The summed E-state index contributed by atoms with van der Waals surface area (Å²) in [7, 11) is 0. The number of benzene rings is 2. The predicted molar refractivity (Wildman–Crippen MR) is 110 cm³/mol. The summed E-state index contributed by atoms with van der Waals surface area (Å²) in [5.74, 6) is 1.72. The standard InChI is InChI=1S/C21H26N2O2S/c1-5-24-18-9-7-6-8-16(18)22-20(26)23-17-13-21(3,4)25-19-12-14(2)10-11-15(17)19/h6-12,17H,5,13H2,1-4H3,(H2,22,23,26). The topological polar surface area (TPSA) is 42.5 Å². The Bertz CT molecular complexity index is 804. The molecule has 0 aromatic heterocycles. The van der Waals surface area contributed by atoms with Gasteiger partial charge in [0.25, 0.3) is 0 Å². The van der Waals surface area contributed by atoms with E-state index in [1.807, 2.05) is 31.2 Å². The quantitative estimate of drug-likeness (QED) is 0.743. The molecule has 26 heavy (non-hydrogen) atoms. The normalized spacial score (nSPS) is 17.6. The Labute approximate surface area is 160 Å². The molecule has 3 rings (SSSR count). The van der Waals surface area contributed by atoms with Crippen molar-refractivity contribution in [2.24, 2.45) is 0 Å². The van der Waals surface area contributed by atoms with Crippen LogP contribution in [-0.2, 0) is 0 Å². The molecule has 0 fully saturated rings. The Kier molecular flexibility index (Phi) is 5.37. The molecule has 1 heterocycles. The SMILES string of the molecule is CCOc1ccccc1NC(=S)NC1CC(C)(C)Oc2cc(C)ccc21. The molecule has 1 atom stereocenters. The molecule has 0 bridgehead atoms. The second kappa shape index (κ2) is 7.54. The van der Waals surface area contributed by atoms with E-state index in [2.05, 4.69) is 49.6 Å². The summed E-state index contributed by atoms with van der Waals surface area (Å²) in [6.45, 7) is 8.86. The van der Waals surface area contributed by atoms with E-state index in [0.29, 0.717) is 11.7 Å². The summed E-state index contributed by atoms with van der Waals surface area (Å²) in [5, 5.41) is 7.29. The fourth-order valence-corrected chi connectivity index (χ4v) is 3.51. The van der Waals surface area contributed by atoms with Gasteiger partial charge >= 0.3 is 0 Å². The third kappa shape index (κ3) is 4.28. The number of anilines is 1. The Morgan fingerprint density at radius 3 is 2.81 bits per heavy atom. The van der Waals surface area contributed by atoms with E-state index in [9.17, 15) is 0 Å². The lowest BCUT2D eigenvalue weighted by Gasteiger charge is -2.38. The smallest absolute Gasteiger partial charge is 0.171 e. The summed E-state index contributed by atoms with van der Waals surface area (Å²) < 4.78 is 11.8. The highest BCUT2D eigenvalue weighted by Gasteiger charge is 2.34. The van der Waals surface area contributed by atoms with Crippen LogP contribution in [0.5, 0.6) is 11.5 Å². The van der Waals surface area contributed by atoms with E-state index in [0.717, 1.165) is 29.2 Å². The van der Waals surface area contributed by atoms with Gasteiger partial charge in [-0.15, -0.1) is 0 Å². The summed E-state index contributed by atoms with van der Waals surface area (Å²) in [5.41, 5.74) is 2.93. The van der Waals surface area contributed by atoms with Crippen LogP contribution in [0.15, 0.2) is 42.5 Å². The van der Waals surface area contributed by atoms with Gasteiger partial charge in [0.2, 0.25) is 0 Å². The van der Waals surface area contributed by atoms with Crippen LogP contribution in [0.2, 0.25) is 0 Å². The molecule has 0 radical (unpaired) electrons. The average molecular weight is 371 g/mol. The molecule has 2 aromatic carbocycles. The molecule has 0 saturated heterocycles. The third-order valence-electron chi connectivity index (χ3n) is 4.37. The number of ether oxygens (including phenoxy) is 2. The van der Waals surface area contributed by atoms with Gasteiger partial charge in [-0.1, -0.05) is 24.3 Å². The van der Waals surface area contributed by atoms with Crippen molar-refractivity contribution in [3.63, 3.8) is 0 Å². The fourth-order valence-electron chi connectivity index (χ4n) is 3.26. The molecule has 0 saturated carbocycles. The van der Waals surface area contributed by atoms with E-state index in [4.69, 9.17) is 21.7 Å². The van der Waals surface area contributed by atoms with E-state index in [1.54, 1.807) is 0 Å². The predicted octanol–water partition coefficient (Wildman–Crippen LogP) is 4.98. The minimum absolute atomic E-state index is 0.0913.